The van der Waals surface area contributed by atoms with Gasteiger partial charge in [0.25, 0.3) is 0 Å². The lowest BCUT2D eigenvalue weighted by molar-refractivity contribution is -0.109. The highest BCUT2D eigenvalue weighted by Crippen LogP contribution is 2.47. The van der Waals surface area contributed by atoms with Gasteiger partial charge in [-0.3, -0.25) is 0 Å². The quantitative estimate of drug-likeness (QED) is 0.779. The van der Waals surface area contributed by atoms with E-state index in [1.54, 1.807) is 11.8 Å². The van der Waals surface area contributed by atoms with Gasteiger partial charge in [-0.2, -0.15) is 0 Å². The third kappa shape index (κ3) is 2.92. The summed E-state index contributed by atoms with van der Waals surface area (Å²) in [5.41, 5.74) is 1.48. The van der Waals surface area contributed by atoms with Crippen molar-refractivity contribution in [2.24, 2.45) is 5.41 Å². The number of rotatable bonds is 6. The highest BCUT2D eigenvalue weighted by atomic mass is 32.2. The van der Waals surface area contributed by atoms with Crippen molar-refractivity contribution in [1.29, 1.82) is 0 Å². The highest BCUT2D eigenvalue weighted by molar-refractivity contribution is 7.98. The molecule has 1 N–H and O–H groups in total. The van der Waals surface area contributed by atoms with Gasteiger partial charge in [-0.25, -0.2) is 0 Å². The summed E-state index contributed by atoms with van der Waals surface area (Å²) in [6, 6.07) is 9.18. The average molecular weight is 279 g/mol. The molecule has 3 atom stereocenters. The van der Waals surface area contributed by atoms with Gasteiger partial charge in [-0.15, -0.1) is 11.8 Å². The number of hydrogen-bond acceptors (Lipinski definition) is 3. The lowest BCUT2D eigenvalue weighted by atomic mass is 9.61. The second kappa shape index (κ2) is 6.19. The molecule has 1 fully saturated rings. The molecular weight excluding hydrogens is 254 g/mol. The summed E-state index contributed by atoms with van der Waals surface area (Å²) in [4.78, 5) is 1.31. The van der Waals surface area contributed by atoms with E-state index in [0.29, 0.717) is 12.1 Å². The van der Waals surface area contributed by atoms with Crippen molar-refractivity contribution in [2.45, 2.75) is 50.7 Å². The Hall–Kier alpha value is -0.670. The van der Waals surface area contributed by atoms with Gasteiger partial charge in [0.15, 0.2) is 0 Å². The van der Waals surface area contributed by atoms with Crippen LogP contribution in [0.3, 0.4) is 0 Å². The van der Waals surface area contributed by atoms with Crippen molar-refractivity contribution < 1.29 is 4.74 Å². The first-order valence-electron chi connectivity index (χ1n) is 7.16. The molecule has 0 aromatic heterocycles. The summed E-state index contributed by atoms with van der Waals surface area (Å²) in [5, 5.41) is 3.69. The van der Waals surface area contributed by atoms with Crippen molar-refractivity contribution >= 4 is 17.4 Å². The maximum atomic E-state index is 5.85. The number of thioether (sulfide) groups is 1. The van der Waals surface area contributed by atoms with E-state index in [9.17, 15) is 0 Å². The lowest BCUT2D eigenvalue weighted by Gasteiger charge is -2.54. The van der Waals surface area contributed by atoms with Crippen molar-refractivity contribution in [3.05, 3.63) is 24.3 Å². The van der Waals surface area contributed by atoms with Crippen molar-refractivity contribution in [3.8, 4) is 0 Å². The molecule has 0 radical (unpaired) electrons. The van der Waals surface area contributed by atoms with Gasteiger partial charge in [-0.1, -0.05) is 19.9 Å². The van der Waals surface area contributed by atoms with Crippen molar-refractivity contribution in [1.82, 2.24) is 0 Å². The summed E-state index contributed by atoms with van der Waals surface area (Å²) < 4.78 is 5.85. The Morgan fingerprint density at radius 2 is 2.21 bits per heavy atom. The van der Waals surface area contributed by atoms with Crippen molar-refractivity contribution in [2.75, 3.05) is 18.2 Å². The Balaban J connectivity index is 2.03. The van der Waals surface area contributed by atoms with Crippen LogP contribution in [0.2, 0.25) is 0 Å². The molecule has 1 aliphatic rings. The molecule has 19 heavy (non-hydrogen) atoms. The van der Waals surface area contributed by atoms with Gasteiger partial charge in [0.2, 0.25) is 0 Å². The molecule has 0 amide bonds. The first-order chi connectivity index (χ1) is 9.13. The predicted octanol–water partition coefficient (Wildman–Crippen LogP) is 4.41. The minimum Gasteiger partial charge on any atom is -0.382 e. The fourth-order valence-corrected chi connectivity index (χ4v) is 3.35. The molecule has 1 aliphatic carbocycles. The molecule has 0 heterocycles. The second-order valence-electron chi connectivity index (χ2n) is 5.47. The van der Waals surface area contributed by atoms with Crippen LogP contribution in [0.15, 0.2) is 29.2 Å². The van der Waals surface area contributed by atoms with E-state index in [0.717, 1.165) is 19.4 Å². The Morgan fingerprint density at radius 3 is 2.84 bits per heavy atom. The third-order valence-corrected chi connectivity index (χ3v) is 5.25. The Bertz CT molecular complexity index is 423. The normalized spacial score (nSPS) is 29.9. The first-order valence-corrected chi connectivity index (χ1v) is 8.38. The van der Waals surface area contributed by atoms with E-state index in [1.807, 2.05) is 0 Å². The van der Waals surface area contributed by atoms with Gasteiger partial charge in [-0.05, 0) is 44.2 Å². The first kappa shape index (κ1) is 14.7. The lowest BCUT2D eigenvalue weighted by Crippen LogP contribution is -2.59. The van der Waals surface area contributed by atoms with Crippen LogP contribution in [-0.4, -0.2) is 25.0 Å². The fourth-order valence-electron chi connectivity index (χ4n) is 2.89. The zero-order chi connectivity index (χ0) is 13.9. The highest BCUT2D eigenvalue weighted by Gasteiger charge is 2.51. The van der Waals surface area contributed by atoms with E-state index < -0.39 is 0 Å². The van der Waals surface area contributed by atoms with Crippen LogP contribution < -0.4 is 5.32 Å². The molecule has 0 bridgehead atoms. The smallest absolute Gasteiger partial charge is 0.0667 e. The van der Waals surface area contributed by atoms with Crippen LogP contribution >= 0.6 is 11.8 Å². The summed E-state index contributed by atoms with van der Waals surface area (Å²) in [5.74, 6) is 0. The Kier molecular flexibility index (Phi) is 4.80. The zero-order valence-electron chi connectivity index (χ0n) is 12.4. The molecule has 0 aliphatic heterocycles. The van der Waals surface area contributed by atoms with Crippen molar-refractivity contribution in [3.63, 3.8) is 0 Å². The molecule has 0 saturated heterocycles. The molecule has 2 nitrogen and oxygen atoms in total. The number of anilines is 1. The topological polar surface area (TPSA) is 21.3 Å². The zero-order valence-corrected chi connectivity index (χ0v) is 13.2. The van der Waals surface area contributed by atoms with E-state index >= 15 is 0 Å². The second-order valence-corrected chi connectivity index (χ2v) is 6.35. The van der Waals surface area contributed by atoms with E-state index in [1.165, 1.54) is 10.6 Å². The predicted molar refractivity (Wildman–Crippen MR) is 84.1 cm³/mol. The monoisotopic (exact) mass is 279 g/mol. The van der Waals surface area contributed by atoms with Gasteiger partial charge >= 0.3 is 0 Å². The minimum atomic E-state index is 0.255. The van der Waals surface area contributed by atoms with E-state index in [2.05, 4.69) is 56.6 Å². The summed E-state index contributed by atoms with van der Waals surface area (Å²) in [6.45, 7) is 7.50. The molecule has 1 aromatic carbocycles. The maximum absolute atomic E-state index is 5.85. The van der Waals surface area contributed by atoms with Gasteiger partial charge in [0, 0.05) is 28.6 Å². The van der Waals surface area contributed by atoms with Gasteiger partial charge in [0.1, 0.15) is 0 Å². The molecular formula is C16H25NOS. The van der Waals surface area contributed by atoms with Crippen LogP contribution in [0.5, 0.6) is 0 Å². The molecule has 0 spiro atoms. The molecule has 1 saturated carbocycles. The van der Waals surface area contributed by atoms with Crippen LogP contribution in [0.1, 0.15) is 33.6 Å². The number of hydrogen-bond donors (Lipinski definition) is 1. The Morgan fingerprint density at radius 1 is 1.42 bits per heavy atom. The van der Waals surface area contributed by atoms with Crippen LogP contribution in [-0.2, 0) is 4.74 Å². The number of ether oxygens (including phenoxy) is 1. The number of benzene rings is 1. The third-order valence-electron chi connectivity index (χ3n) is 4.52. The van der Waals surface area contributed by atoms with Crippen LogP contribution in [0.4, 0.5) is 5.69 Å². The Labute approximate surface area is 121 Å². The van der Waals surface area contributed by atoms with Crippen LogP contribution in [0, 0.1) is 5.41 Å². The summed E-state index contributed by atoms with van der Waals surface area (Å²) in [6.07, 6.45) is 4.78. The maximum Gasteiger partial charge on any atom is 0.0667 e. The number of nitrogens with one attached hydrogen (secondary N) is 1. The summed E-state index contributed by atoms with van der Waals surface area (Å²) >= 11 is 1.79. The fraction of sp³-hybridized carbons (Fsp3) is 0.625. The molecule has 3 heteroatoms. The van der Waals surface area contributed by atoms with E-state index in [-0.39, 0.29) is 5.41 Å². The molecule has 2 rings (SSSR count). The molecule has 106 valence electrons. The standard InChI is InChI=1S/C16H25NOS/c1-5-16(3)14(11-15(16)18-6-2)17-12-8-7-9-13(10-12)19-4/h7-10,14-15,17H,5-6,11H2,1-4H3. The summed E-state index contributed by atoms with van der Waals surface area (Å²) in [7, 11) is 0. The largest absolute Gasteiger partial charge is 0.382 e. The average Bonchev–Trinajstić information content (AvgIpc) is 2.45. The SMILES string of the molecule is CCOC1CC(Nc2cccc(SC)c2)C1(C)CC. The molecule has 3 unspecified atom stereocenters. The van der Waals surface area contributed by atoms with Gasteiger partial charge < -0.3 is 10.1 Å². The van der Waals surface area contributed by atoms with E-state index in [4.69, 9.17) is 4.74 Å². The van der Waals surface area contributed by atoms with Gasteiger partial charge in [0.05, 0.1) is 6.10 Å². The van der Waals surface area contributed by atoms with Crippen LogP contribution in [0.25, 0.3) is 0 Å². The minimum absolute atomic E-state index is 0.255. The molecule has 1 aromatic rings.